The molecule has 3 nitrogen and oxygen atoms in total. The van der Waals surface area contributed by atoms with Crippen molar-refractivity contribution in [2.75, 3.05) is 13.7 Å². The van der Waals surface area contributed by atoms with Crippen molar-refractivity contribution in [1.82, 2.24) is 0 Å². The lowest BCUT2D eigenvalue weighted by atomic mass is 9.88. The minimum atomic E-state index is -0.302. The van der Waals surface area contributed by atoms with Crippen LogP contribution in [0.3, 0.4) is 0 Å². The molecule has 1 saturated heterocycles. The van der Waals surface area contributed by atoms with E-state index in [1.807, 2.05) is 18.2 Å². The zero-order valence-corrected chi connectivity index (χ0v) is 12.1. The van der Waals surface area contributed by atoms with E-state index in [1.54, 1.807) is 7.11 Å². The van der Waals surface area contributed by atoms with Crippen molar-refractivity contribution in [2.24, 2.45) is 0 Å². The van der Waals surface area contributed by atoms with Gasteiger partial charge in [0, 0.05) is 7.11 Å². The van der Waals surface area contributed by atoms with Crippen molar-refractivity contribution < 1.29 is 14.2 Å². The molecule has 2 rings (SSSR count). The van der Waals surface area contributed by atoms with E-state index in [2.05, 4.69) is 26.0 Å². The lowest BCUT2D eigenvalue weighted by molar-refractivity contribution is -0.161. The maximum atomic E-state index is 6.03. The molecule has 1 aromatic carbocycles. The van der Waals surface area contributed by atoms with E-state index >= 15 is 0 Å². The number of methoxy groups -OCH3 is 1. The Hall–Kier alpha value is -0.900. The maximum absolute atomic E-state index is 6.03. The third-order valence-corrected chi connectivity index (χ3v) is 4.16. The summed E-state index contributed by atoms with van der Waals surface area (Å²) in [5, 5.41) is 0. The quantitative estimate of drug-likeness (QED) is 0.790. The summed E-state index contributed by atoms with van der Waals surface area (Å²) in [6.07, 6.45) is 2.00. The molecule has 19 heavy (non-hydrogen) atoms. The van der Waals surface area contributed by atoms with Crippen molar-refractivity contribution in [1.29, 1.82) is 0 Å². The zero-order valence-electron chi connectivity index (χ0n) is 12.1. The van der Waals surface area contributed by atoms with Gasteiger partial charge in [-0.15, -0.1) is 0 Å². The summed E-state index contributed by atoms with van der Waals surface area (Å²) in [5.41, 5.74) is 0.886. The predicted molar refractivity (Wildman–Crippen MR) is 75.1 cm³/mol. The average Bonchev–Trinajstić information content (AvgIpc) is 2.90. The summed E-state index contributed by atoms with van der Waals surface area (Å²) in [4.78, 5) is 0. The van der Waals surface area contributed by atoms with Crippen LogP contribution in [-0.4, -0.2) is 31.5 Å². The second kappa shape index (κ2) is 6.51. The highest BCUT2D eigenvalue weighted by Gasteiger charge is 2.48. The smallest absolute Gasteiger partial charge is 0.120 e. The van der Waals surface area contributed by atoms with E-state index < -0.39 is 0 Å². The van der Waals surface area contributed by atoms with Gasteiger partial charge in [-0.2, -0.15) is 0 Å². The summed E-state index contributed by atoms with van der Waals surface area (Å²) < 4.78 is 17.6. The van der Waals surface area contributed by atoms with Gasteiger partial charge in [-0.05, 0) is 25.3 Å². The van der Waals surface area contributed by atoms with E-state index in [-0.39, 0.29) is 17.8 Å². The van der Waals surface area contributed by atoms with Crippen molar-refractivity contribution in [3.63, 3.8) is 0 Å². The normalized spacial score (nSPS) is 28.5. The first-order valence-electron chi connectivity index (χ1n) is 7.05. The van der Waals surface area contributed by atoms with Gasteiger partial charge in [0.1, 0.15) is 5.60 Å². The number of hydrogen-bond donors (Lipinski definition) is 0. The third kappa shape index (κ3) is 2.99. The van der Waals surface area contributed by atoms with E-state index in [4.69, 9.17) is 14.2 Å². The molecule has 106 valence electrons. The highest BCUT2D eigenvalue weighted by Crippen LogP contribution is 2.36. The molecular formula is C16H24O3. The highest BCUT2D eigenvalue weighted by molar-refractivity contribution is 5.13. The Labute approximate surface area is 115 Å². The zero-order chi connectivity index (χ0) is 13.7. The number of hydrogen-bond acceptors (Lipinski definition) is 3. The Bertz CT molecular complexity index is 379. The van der Waals surface area contributed by atoms with Crippen LogP contribution in [0.15, 0.2) is 30.3 Å². The van der Waals surface area contributed by atoms with E-state index in [0.29, 0.717) is 6.61 Å². The SMILES string of the molecule is CCC1(C(C)OCc2ccccc2)OCCC1OC. The van der Waals surface area contributed by atoms with Crippen LogP contribution in [-0.2, 0) is 20.8 Å². The monoisotopic (exact) mass is 264 g/mol. The molecule has 0 bridgehead atoms. The van der Waals surface area contributed by atoms with Crippen LogP contribution in [0.2, 0.25) is 0 Å². The molecule has 1 heterocycles. The van der Waals surface area contributed by atoms with Crippen LogP contribution in [0.4, 0.5) is 0 Å². The van der Waals surface area contributed by atoms with Crippen LogP contribution in [0.5, 0.6) is 0 Å². The number of benzene rings is 1. The molecule has 3 heteroatoms. The van der Waals surface area contributed by atoms with Gasteiger partial charge in [0.25, 0.3) is 0 Å². The fraction of sp³-hybridized carbons (Fsp3) is 0.625. The van der Waals surface area contributed by atoms with Crippen LogP contribution >= 0.6 is 0 Å². The third-order valence-electron chi connectivity index (χ3n) is 4.16. The lowest BCUT2D eigenvalue weighted by Crippen LogP contribution is -2.50. The van der Waals surface area contributed by atoms with Gasteiger partial charge in [-0.25, -0.2) is 0 Å². The van der Waals surface area contributed by atoms with E-state index in [9.17, 15) is 0 Å². The van der Waals surface area contributed by atoms with E-state index in [1.165, 1.54) is 5.56 Å². The first-order valence-corrected chi connectivity index (χ1v) is 7.05. The fourth-order valence-electron chi connectivity index (χ4n) is 2.94. The second-order valence-corrected chi connectivity index (χ2v) is 5.11. The Morgan fingerprint density at radius 2 is 2.11 bits per heavy atom. The van der Waals surface area contributed by atoms with Gasteiger partial charge in [-0.1, -0.05) is 37.3 Å². The minimum absolute atomic E-state index is 0.0187. The largest absolute Gasteiger partial charge is 0.378 e. The summed E-state index contributed by atoms with van der Waals surface area (Å²) in [7, 11) is 1.76. The fourth-order valence-corrected chi connectivity index (χ4v) is 2.94. The van der Waals surface area contributed by atoms with Crippen molar-refractivity contribution >= 4 is 0 Å². The molecule has 3 unspecified atom stereocenters. The molecule has 0 aliphatic carbocycles. The van der Waals surface area contributed by atoms with Crippen molar-refractivity contribution in [2.45, 2.75) is 51.1 Å². The summed E-state index contributed by atoms with van der Waals surface area (Å²) in [6, 6.07) is 10.2. The summed E-state index contributed by atoms with van der Waals surface area (Å²) >= 11 is 0. The van der Waals surface area contributed by atoms with Crippen molar-refractivity contribution in [3.8, 4) is 0 Å². The average molecular weight is 264 g/mol. The van der Waals surface area contributed by atoms with Crippen LogP contribution < -0.4 is 0 Å². The topological polar surface area (TPSA) is 27.7 Å². The molecule has 0 spiro atoms. The van der Waals surface area contributed by atoms with Crippen molar-refractivity contribution in [3.05, 3.63) is 35.9 Å². The van der Waals surface area contributed by atoms with Crippen LogP contribution in [0, 0.1) is 0 Å². The molecule has 3 atom stereocenters. The molecular weight excluding hydrogens is 240 g/mol. The Balaban J connectivity index is 1.99. The first-order chi connectivity index (χ1) is 9.23. The predicted octanol–water partition coefficient (Wildman–Crippen LogP) is 3.18. The van der Waals surface area contributed by atoms with Crippen LogP contribution in [0.1, 0.15) is 32.3 Å². The second-order valence-electron chi connectivity index (χ2n) is 5.11. The molecule has 0 aromatic heterocycles. The first kappa shape index (κ1) is 14.5. The van der Waals surface area contributed by atoms with Gasteiger partial charge >= 0.3 is 0 Å². The van der Waals surface area contributed by atoms with Gasteiger partial charge in [-0.3, -0.25) is 0 Å². The molecule has 1 fully saturated rings. The number of rotatable bonds is 6. The minimum Gasteiger partial charge on any atom is -0.378 e. The van der Waals surface area contributed by atoms with Gasteiger partial charge in [0.15, 0.2) is 0 Å². The summed E-state index contributed by atoms with van der Waals surface area (Å²) in [6.45, 7) is 5.60. The Kier molecular flexibility index (Phi) is 4.97. The van der Waals surface area contributed by atoms with Gasteiger partial charge < -0.3 is 14.2 Å². The van der Waals surface area contributed by atoms with Crippen LogP contribution in [0.25, 0.3) is 0 Å². The molecule has 1 aliphatic rings. The standard InChI is InChI=1S/C16H24O3/c1-4-16(15(17-3)10-11-19-16)13(2)18-12-14-8-6-5-7-9-14/h5-9,13,15H,4,10-12H2,1-3H3. The number of ether oxygens (including phenoxy) is 3. The Morgan fingerprint density at radius 3 is 2.74 bits per heavy atom. The summed E-state index contributed by atoms with van der Waals surface area (Å²) in [5.74, 6) is 0. The molecule has 0 amide bonds. The van der Waals surface area contributed by atoms with Gasteiger partial charge in [0.2, 0.25) is 0 Å². The molecule has 1 aliphatic heterocycles. The highest BCUT2D eigenvalue weighted by atomic mass is 16.6. The van der Waals surface area contributed by atoms with Gasteiger partial charge in [0.05, 0.1) is 25.4 Å². The molecule has 0 saturated carbocycles. The maximum Gasteiger partial charge on any atom is 0.120 e. The molecule has 1 aromatic rings. The Morgan fingerprint density at radius 1 is 1.37 bits per heavy atom. The van der Waals surface area contributed by atoms with E-state index in [0.717, 1.165) is 19.4 Å². The lowest BCUT2D eigenvalue weighted by Gasteiger charge is -2.37. The molecule has 0 N–H and O–H groups in total. The molecule has 0 radical (unpaired) electrons.